The van der Waals surface area contributed by atoms with Crippen molar-refractivity contribution in [3.8, 4) is 0 Å². The summed E-state index contributed by atoms with van der Waals surface area (Å²) in [6.45, 7) is 0.838. The van der Waals surface area contributed by atoms with Crippen molar-refractivity contribution in [3.05, 3.63) is 11.2 Å². The van der Waals surface area contributed by atoms with Crippen LogP contribution in [0.25, 0.3) is 0 Å². The van der Waals surface area contributed by atoms with E-state index in [4.69, 9.17) is 11.6 Å². The first kappa shape index (κ1) is 14.8. The lowest BCUT2D eigenvalue weighted by atomic mass is 9.93. The van der Waals surface area contributed by atoms with Gasteiger partial charge in [0.1, 0.15) is 0 Å². The molecule has 0 aromatic carbocycles. The molecule has 2 aliphatic heterocycles. The molecule has 2 aliphatic rings. The molecule has 1 amide bonds. The highest BCUT2D eigenvalue weighted by Crippen LogP contribution is 2.35. The molecule has 0 spiro atoms. The molecule has 9 heteroatoms. The molecular formula is C12H17ClN4O3S. The predicted octanol–water partition coefficient (Wildman–Crippen LogP) is 0.315. The lowest BCUT2D eigenvalue weighted by Crippen LogP contribution is -2.49. The Morgan fingerprint density at radius 3 is 2.71 bits per heavy atom. The van der Waals surface area contributed by atoms with E-state index in [-0.39, 0.29) is 27.9 Å². The molecule has 7 nitrogen and oxygen atoms in total. The number of nitrogens with zero attached hydrogens (tertiary/aromatic N) is 4. The zero-order valence-electron chi connectivity index (χ0n) is 11.9. The molecule has 1 aromatic heterocycles. The minimum Gasteiger partial charge on any atom is -0.344 e. The SMILES string of the molecule is CN1C[C@@H]2[C@@H](CCCN2S(=O)(=O)c2c(Cl)cnn2C)C1=O. The van der Waals surface area contributed by atoms with Crippen molar-refractivity contribution in [3.63, 3.8) is 0 Å². The molecular weight excluding hydrogens is 316 g/mol. The number of fused-ring (bicyclic) bond motifs is 1. The molecule has 21 heavy (non-hydrogen) atoms. The van der Waals surface area contributed by atoms with Gasteiger partial charge in [0.15, 0.2) is 5.03 Å². The maximum Gasteiger partial charge on any atom is 0.262 e. The van der Waals surface area contributed by atoms with Crippen molar-refractivity contribution in [2.24, 2.45) is 13.0 Å². The number of rotatable bonds is 2. The summed E-state index contributed by atoms with van der Waals surface area (Å²) in [5, 5.41) is 4.00. The standard InChI is InChI=1S/C12H17ClN4O3S/c1-15-7-10-8(11(15)18)4-3-5-17(10)21(19,20)12-9(13)6-14-16(12)2/h6,8,10H,3-5,7H2,1-2H3/t8-,10-/m1/s1. The van der Waals surface area contributed by atoms with E-state index in [0.29, 0.717) is 19.5 Å². The molecule has 2 saturated heterocycles. The van der Waals surface area contributed by atoms with Crippen molar-refractivity contribution in [1.82, 2.24) is 19.0 Å². The smallest absolute Gasteiger partial charge is 0.262 e. The Morgan fingerprint density at radius 1 is 1.38 bits per heavy atom. The fourth-order valence-corrected chi connectivity index (χ4v) is 5.59. The predicted molar refractivity (Wildman–Crippen MR) is 76.3 cm³/mol. The minimum atomic E-state index is -3.76. The maximum atomic E-state index is 12.9. The summed E-state index contributed by atoms with van der Waals surface area (Å²) in [7, 11) is -0.500. The first-order valence-corrected chi connectivity index (χ1v) is 8.60. The van der Waals surface area contributed by atoms with Crippen molar-refractivity contribution < 1.29 is 13.2 Å². The van der Waals surface area contributed by atoms with Crippen molar-refractivity contribution >= 4 is 27.5 Å². The molecule has 2 atom stereocenters. The number of piperidine rings is 1. The molecule has 0 radical (unpaired) electrons. The van der Waals surface area contributed by atoms with Crippen LogP contribution in [0.4, 0.5) is 0 Å². The number of halogens is 1. The van der Waals surface area contributed by atoms with Crippen LogP contribution in [0.15, 0.2) is 11.2 Å². The molecule has 1 aromatic rings. The highest BCUT2D eigenvalue weighted by molar-refractivity contribution is 7.89. The number of carbonyl (C=O) groups excluding carboxylic acids is 1. The molecule has 116 valence electrons. The second kappa shape index (κ2) is 4.96. The molecule has 0 saturated carbocycles. The quantitative estimate of drug-likeness (QED) is 0.781. The summed E-state index contributed by atoms with van der Waals surface area (Å²) in [6, 6.07) is -0.313. The highest BCUT2D eigenvalue weighted by Gasteiger charge is 2.48. The fraction of sp³-hybridized carbons (Fsp3) is 0.667. The summed E-state index contributed by atoms with van der Waals surface area (Å²) in [6.07, 6.45) is 2.73. The lowest BCUT2D eigenvalue weighted by molar-refractivity contribution is -0.130. The highest BCUT2D eigenvalue weighted by atomic mass is 35.5. The fourth-order valence-electron chi connectivity index (χ4n) is 3.29. The van der Waals surface area contributed by atoms with E-state index in [0.717, 1.165) is 6.42 Å². The first-order chi connectivity index (χ1) is 9.84. The van der Waals surface area contributed by atoms with Gasteiger partial charge in [-0.2, -0.15) is 9.40 Å². The van der Waals surface area contributed by atoms with E-state index in [1.165, 1.54) is 15.2 Å². The van der Waals surface area contributed by atoms with Crippen LogP contribution in [0.2, 0.25) is 5.02 Å². The van der Waals surface area contributed by atoms with Gasteiger partial charge in [0, 0.05) is 27.2 Å². The van der Waals surface area contributed by atoms with E-state index < -0.39 is 10.0 Å². The van der Waals surface area contributed by atoms with Crippen LogP contribution in [-0.2, 0) is 21.9 Å². The third-order valence-electron chi connectivity index (χ3n) is 4.28. The van der Waals surface area contributed by atoms with E-state index in [1.54, 1.807) is 19.0 Å². The van der Waals surface area contributed by atoms with E-state index in [9.17, 15) is 13.2 Å². The molecule has 0 N–H and O–H groups in total. The number of hydrogen-bond donors (Lipinski definition) is 0. The van der Waals surface area contributed by atoms with Crippen molar-refractivity contribution in [2.75, 3.05) is 20.1 Å². The molecule has 0 aliphatic carbocycles. The van der Waals surface area contributed by atoms with E-state index in [2.05, 4.69) is 5.10 Å². The van der Waals surface area contributed by atoms with E-state index >= 15 is 0 Å². The Hall–Kier alpha value is -1.12. The van der Waals surface area contributed by atoms with E-state index in [1.807, 2.05) is 0 Å². The van der Waals surface area contributed by atoms with Gasteiger partial charge < -0.3 is 4.90 Å². The number of hydrogen-bond acceptors (Lipinski definition) is 4. The van der Waals surface area contributed by atoms with Crippen LogP contribution in [0, 0.1) is 5.92 Å². The van der Waals surface area contributed by atoms with Gasteiger partial charge in [-0.1, -0.05) is 11.6 Å². The minimum absolute atomic E-state index is 0.00758. The first-order valence-electron chi connectivity index (χ1n) is 6.78. The largest absolute Gasteiger partial charge is 0.344 e. The number of likely N-dealkylation sites (tertiary alicyclic amines) is 1. The maximum absolute atomic E-state index is 12.9. The Balaban J connectivity index is 2.01. The van der Waals surface area contributed by atoms with Crippen LogP contribution in [0.3, 0.4) is 0 Å². The monoisotopic (exact) mass is 332 g/mol. The Kier molecular flexibility index (Phi) is 3.50. The second-order valence-electron chi connectivity index (χ2n) is 5.57. The van der Waals surface area contributed by atoms with Crippen LogP contribution in [0.1, 0.15) is 12.8 Å². The van der Waals surface area contributed by atoms with Crippen LogP contribution >= 0.6 is 11.6 Å². The summed E-state index contributed by atoms with van der Waals surface area (Å²) < 4.78 is 28.5. The number of likely N-dealkylation sites (N-methyl/N-ethyl adjacent to an activating group) is 1. The summed E-state index contributed by atoms with van der Waals surface area (Å²) in [4.78, 5) is 13.7. The zero-order valence-corrected chi connectivity index (χ0v) is 13.4. The third-order valence-corrected chi connectivity index (χ3v) is 6.71. The van der Waals surface area contributed by atoms with Gasteiger partial charge in [-0.3, -0.25) is 9.48 Å². The second-order valence-corrected chi connectivity index (χ2v) is 7.78. The van der Waals surface area contributed by atoms with Crippen molar-refractivity contribution in [2.45, 2.75) is 23.9 Å². The molecule has 0 unspecified atom stereocenters. The number of aromatic nitrogens is 2. The van der Waals surface area contributed by atoms with Gasteiger partial charge in [-0.05, 0) is 12.8 Å². The Bertz CT molecular complexity index is 667. The van der Waals surface area contributed by atoms with Gasteiger partial charge in [0.25, 0.3) is 10.0 Å². The van der Waals surface area contributed by atoms with Gasteiger partial charge in [0.05, 0.1) is 23.2 Å². The zero-order chi connectivity index (χ0) is 15.4. The van der Waals surface area contributed by atoms with Crippen LogP contribution in [0.5, 0.6) is 0 Å². The van der Waals surface area contributed by atoms with Crippen molar-refractivity contribution in [1.29, 1.82) is 0 Å². The average Bonchev–Trinajstić information content (AvgIpc) is 2.91. The number of carbonyl (C=O) groups is 1. The molecule has 3 heterocycles. The molecule has 3 rings (SSSR count). The Morgan fingerprint density at radius 2 is 2.10 bits per heavy atom. The Labute approximate surface area is 128 Å². The summed E-state index contributed by atoms with van der Waals surface area (Å²) in [5.74, 6) is -0.221. The number of sulfonamides is 1. The number of amides is 1. The summed E-state index contributed by atoms with van der Waals surface area (Å²) >= 11 is 5.98. The van der Waals surface area contributed by atoms with Gasteiger partial charge in [-0.25, -0.2) is 8.42 Å². The van der Waals surface area contributed by atoms with Gasteiger partial charge >= 0.3 is 0 Å². The van der Waals surface area contributed by atoms with Gasteiger partial charge in [-0.15, -0.1) is 0 Å². The third kappa shape index (κ3) is 2.16. The summed E-state index contributed by atoms with van der Waals surface area (Å²) in [5.41, 5.74) is 0. The molecule has 2 fully saturated rings. The topological polar surface area (TPSA) is 75.5 Å². The van der Waals surface area contributed by atoms with Crippen LogP contribution in [-0.4, -0.2) is 59.5 Å². The van der Waals surface area contributed by atoms with Gasteiger partial charge in [0.2, 0.25) is 5.91 Å². The molecule has 0 bridgehead atoms. The average molecular weight is 333 g/mol. The number of aryl methyl sites for hydroxylation is 1. The normalized spacial score (nSPS) is 27.2. The van der Waals surface area contributed by atoms with Crippen LogP contribution < -0.4 is 0 Å². The lowest BCUT2D eigenvalue weighted by Gasteiger charge is -2.34.